The summed E-state index contributed by atoms with van der Waals surface area (Å²) in [5.41, 5.74) is 0.650. The number of aliphatic hydroxyl groups excluding tert-OH is 1. The smallest absolute Gasteiger partial charge is 0.350 e. The van der Waals surface area contributed by atoms with Crippen LogP contribution in [0.15, 0.2) is 52.2 Å². The molecule has 0 saturated heterocycles. The second-order valence-corrected chi connectivity index (χ2v) is 8.25. The van der Waals surface area contributed by atoms with Gasteiger partial charge >= 0.3 is 5.69 Å². The SMILES string of the molecule is CCn1c(CO)nn(-c2ccc3c(=O)n(-c4c(F)cccc4Cl)cc(C4CC4)c3c2)c1=O. The Kier molecular flexibility index (Phi) is 4.98. The lowest BCUT2D eigenvalue weighted by Gasteiger charge is -2.14. The second-order valence-electron chi connectivity index (χ2n) is 7.85. The monoisotopic (exact) mass is 454 g/mol. The van der Waals surface area contributed by atoms with E-state index in [1.165, 1.54) is 25.9 Å². The van der Waals surface area contributed by atoms with Gasteiger partial charge in [-0.15, -0.1) is 5.10 Å². The number of benzene rings is 2. The number of halogens is 2. The molecule has 1 N–H and O–H groups in total. The van der Waals surface area contributed by atoms with Crippen LogP contribution in [0.1, 0.15) is 37.1 Å². The predicted octanol–water partition coefficient (Wildman–Crippen LogP) is 3.52. The number of pyridine rings is 1. The normalized spacial score (nSPS) is 13.8. The van der Waals surface area contributed by atoms with E-state index in [0.29, 0.717) is 23.0 Å². The van der Waals surface area contributed by atoms with Gasteiger partial charge in [-0.05, 0) is 67.0 Å². The number of hydrogen-bond acceptors (Lipinski definition) is 4. The van der Waals surface area contributed by atoms with Crippen LogP contribution < -0.4 is 11.2 Å². The van der Waals surface area contributed by atoms with Crippen molar-refractivity contribution in [2.45, 2.75) is 38.8 Å². The number of hydrogen-bond donors (Lipinski definition) is 1. The average molecular weight is 455 g/mol. The van der Waals surface area contributed by atoms with E-state index < -0.39 is 11.4 Å². The van der Waals surface area contributed by atoms with Gasteiger partial charge < -0.3 is 5.11 Å². The molecular formula is C23H20ClFN4O3. The molecule has 0 atom stereocenters. The largest absolute Gasteiger partial charge is 0.388 e. The molecular weight excluding hydrogens is 435 g/mol. The maximum atomic E-state index is 14.6. The van der Waals surface area contributed by atoms with Gasteiger partial charge in [-0.2, -0.15) is 4.68 Å². The summed E-state index contributed by atoms with van der Waals surface area (Å²) in [5.74, 6) is -0.0711. The van der Waals surface area contributed by atoms with Crippen LogP contribution in [-0.2, 0) is 13.2 Å². The fourth-order valence-electron chi connectivity index (χ4n) is 4.13. The van der Waals surface area contributed by atoms with Crippen LogP contribution in [-0.4, -0.2) is 24.0 Å². The van der Waals surface area contributed by atoms with Crippen LogP contribution in [0, 0.1) is 5.82 Å². The minimum atomic E-state index is -0.578. The van der Waals surface area contributed by atoms with E-state index in [2.05, 4.69) is 5.10 Å². The summed E-state index contributed by atoms with van der Waals surface area (Å²) in [6, 6.07) is 9.32. The molecule has 4 aromatic rings. The van der Waals surface area contributed by atoms with E-state index in [-0.39, 0.29) is 34.7 Å². The Morgan fingerprint density at radius 1 is 1.19 bits per heavy atom. The van der Waals surface area contributed by atoms with E-state index in [4.69, 9.17) is 11.6 Å². The molecule has 0 bridgehead atoms. The first-order chi connectivity index (χ1) is 15.4. The van der Waals surface area contributed by atoms with Gasteiger partial charge in [0.2, 0.25) is 0 Å². The quantitative estimate of drug-likeness (QED) is 0.500. The third kappa shape index (κ3) is 3.18. The van der Waals surface area contributed by atoms with Crippen LogP contribution >= 0.6 is 11.6 Å². The lowest BCUT2D eigenvalue weighted by Crippen LogP contribution is -2.24. The van der Waals surface area contributed by atoms with Crippen molar-refractivity contribution in [2.24, 2.45) is 0 Å². The van der Waals surface area contributed by atoms with Gasteiger partial charge in [0.1, 0.15) is 18.1 Å². The Labute approximate surface area is 186 Å². The van der Waals surface area contributed by atoms with Crippen LogP contribution in [0.5, 0.6) is 0 Å². The summed E-state index contributed by atoms with van der Waals surface area (Å²) >= 11 is 6.23. The maximum absolute atomic E-state index is 14.6. The Hall–Kier alpha value is -3.23. The Bertz CT molecular complexity index is 1460. The van der Waals surface area contributed by atoms with Gasteiger partial charge in [-0.25, -0.2) is 9.18 Å². The molecule has 0 spiro atoms. The first kappa shape index (κ1) is 20.7. The molecule has 9 heteroatoms. The van der Waals surface area contributed by atoms with Crippen molar-refractivity contribution in [3.05, 3.63) is 85.7 Å². The minimum absolute atomic E-state index is 0.0255. The van der Waals surface area contributed by atoms with Crippen LogP contribution in [0.4, 0.5) is 4.39 Å². The number of aromatic nitrogens is 4. The summed E-state index contributed by atoms with van der Waals surface area (Å²) in [5, 5.41) is 15.0. The lowest BCUT2D eigenvalue weighted by molar-refractivity contribution is 0.264. The number of para-hydroxylation sites is 1. The van der Waals surface area contributed by atoms with Gasteiger partial charge in [0.15, 0.2) is 5.82 Å². The maximum Gasteiger partial charge on any atom is 0.350 e. The van der Waals surface area contributed by atoms with E-state index in [0.717, 1.165) is 18.4 Å². The molecule has 1 fully saturated rings. The van der Waals surface area contributed by atoms with Gasteiger partial charge in [-0.1, -0.05) is 17.7 Å². The highest BCUT2D eigenvalue weighted by Crippen LogP contribution is 2.43. The molecule has 7 nitrogen and oxygen atoms in total. The van der Waals surface area contributed by atoms with Gasteiger partial charge in [0, 0.05) is 18.1 Å². The second kappa shape index (κ2) is 7.72. The topological polar surface area (TPSA) is 82.0 Å². The number of nitrogens with zero attached hydrogens (tertiary/aromatic N) is 4. The van der Waals surface area contributed by atoms with E-state index >= 15 is 0 Å². The van der Waals surface area contributed by atoms with Gasteiger partial charge in [-0.3, -0.25) is 13.9 Å². The van der Waals surface area contributed by atoms with Crippen LogP contribution in [0.25, 0.3) is 22.1 Å². The van der Waals surface area contributed by atoms with Crippen molar-refractivity contribution in [2.75, 3.05) is 0 Å². The third-order valence-corrected chi connectivity index (χ3v) is 6.17. The van der Waals surface area contributed by atoms with Crippen LogP contribution in [0.3, 0.4) is 0 Å². The first-order valence-electron chi connectivity index (χ1n) is 10.4. The molecule has 0 amide bonds. The molecule has 0 aliphatic heterocycles. The first-order valence-corrected chi connectivity index (χ1v) is 10.8. The van der Waals surface area contributed by atoms with Crippen molar-refractivity contribution in [3.8, 4) is 11.4 Å². The molecule has 0 unspecified atom stereocenters. The van der Waals surface area contributed by atoms with E-state index in [1.54, 1.807) is 37.4 Å². The molecule has 2 heterocycles. The molecule has 2 aromatic carbocycles. The van der Waals surface area contributed by atoms with Crippen molar-refractivity contribution in [3.63, 3.8) is 0 Å². The molecule has 1 saturated carbocycles. The van der Waals surface area contributed by atoms with Gasteiger partial charge in [0.05, 0.1) is 10.7 Å². The summed E-state index contributed by atoms with van der Waals surface area (Å²) < 4.78 is 18.5. The zero-order valence-electron chi connectivity index (χ0n) is 17.3. The van der Waals surface area contributed by atoms with Crippen molar-refractivity contribution < 1.29 is 9.50 Å². The summed E-state index contributed by atoms with van der Waals surface area (Å²) in [7, 11) is 0. The molecule has 164 valence electrons. The van der Waals surface area contributed by atoms with E-state index in [1.807, 2.05) is 0 Å². The predicted molar refractivity (Wildman–Crippen MR) is 119 cm³/mol. The summed E-state index contributed by atoms with van der Waals surface area (Å²) in [6.07, 6.45) is 3.58. The Balaban J connectivity index is 1.77. The highest BCUT2D eigenvalue weighted by Gasteiger charge is 2.28. The number of fused-ring (bicyclic) bond motifs is 1. The molecule has 5 rings (SSSR count). The van der Waals surface area contributed by atoms with Crippen molar-refractivity contribution in [1.29, 1.82) is 0 Å². The standard InChI is InChI=1S/C23H20ClFN4O3/c1-2-27-20(12-30)26-29(23(27)32)14-8-9-15-16(10-14)17(13-6-7-13)11-28(22(15)31)21-18(24)4-3-5-19(21)25/h3-5,8-11,13,30H,2,6-7,12H2,1H3. The minimum Gasteiger partial charge on any atom is -0.388 e. The molecule has 2 aromatic heterocycles. The fourth-order valence-corrected chi connectivity index (χ4v) is 4.39. The summed E-state index contributed by atoms with van der Waals surface area (Å²) in [4.78, 5) is 26.1. The zero-order chi connectivity index (χ0) is 22.6. The zero-order valence-corrected chi connectivity index (χ0v) is 18.0. The molecule has 1 aliphatic carbocycles. The Morgan fingerprint density at radius 2 is 1.97 bits per heavy atom. The van der Waals surface area contributed by atoms with Crippen molar-refractivity contribution in [1.82, 2.24) is 18.9 Å². The molecule has 32 heavy (non-hydrogen) atoms. The molecule has 1 aliphatic rings. The Morgan fingerprint density at radius 3 is 2.59 bits per heavy atom. The van der Waals surface area contributed by atoms with Gasteiger partial charge in [0.25, 0.3) is 5.56 Å². The van der Waals surface area contributed by atoms with E-state index in [9.17, 15) is 19.1 Å². The summed E-state index contributed by atoms with van der Waals surface area (Å²) in [6.45, 7) is 1.82. The fraction of sp³-hybridized carbons (Fsp3) is 0.261. The number of aliphatic hydroxyl groups is 1. The lowest BCUT2D eigenvalue weighted by atomic mass is 10.0. The highest BCUT2D eigenvalue weighted by atomic mass is 35.5. The highest BCUT2D eigenvalue weighted by molar-refractivity contribution is 6.32. The van der Waals surface area contributed by atoms with Crippen LogP contribution in [0.2, 0.25) is 5.02 Å². The molecule has 0 radical (unpaired) electrons. The third-order valence-electron chi connectivity index (χ3n) is 5.87. The van der Waals surface area contributed by atoms with Crippen molar-refractivity contribution >= 4 is 22.4 Å². The number of rotatable bonds is 5. The average Bonchev–Trinajstić information content (AvgIpc) is 3.57.